The van der Waals surface area contributed by atoms with Crippen molar-refractivity contribution in [1.82, 2.24) is 5.32 Å². The molecule has 1 aliphatic heterocycles. The monoisotopic (exact) mass is 462 g/mol. The highest BCUT2D eigenvalue weighted by Crippen LogP contribution is 2.32. The minimum atomic E-state index is -1.12. The third-order valence-corrected chi connectivity index (χ3v) is 4.94. The van der Waals surface area contributed by atoms with Gasteiger partial charge in [0.25, 0.3) is 0 Å². The van der Waals surface area contributed by atoms with E-state index in [1.54, 1.807) is 20.8 Å². The number of esters is 2. The van der Waals surface area contributed by atoms with E-state index >= 15 is 0 Å². The Balaban J connectivity index is 3.13. The van der Waals surface area contributed by atoms with E-state index in [-0.39, 0.29) is 5.57 Å². The predicted molar refractivity (Wildman–Crippen MR) is 106 cm³/mol. The van der Waals surface area contributed by atoms with Gasteiger partial charge in [0.2, 0.25) is 5.91 Å². The molecule has 1 heterocycles. The van der Waals surface area contributed by atoms with E-state index in [0.717, 1.165) is 0 Å². The zero-order chi connectivity index (χ0) is 20.8. The zero-order valence-corrected chi connectivity index (χ0v) is 18.2. The molecule has 0 saturated carbocycles. The largest absolute Gasteiger partial charge is 0.456 e. The van der Waals surface area contributed by atoms with Crippen LogP contribution in [0.15, 0.2) is 26.5 Å². The fourth-order valence-electron chi connectivity index (χ4n) is 2.40. The standard InChI is InChI=1S/C17H23BrN2O6S/c1-6-7-12(11-8-13(9(2)18)26-15(11)22)25-16(23)14(19-10(3)21)17(4,5)27-20-24/h8,12,14H,6-7H2,1-5H3,(H,19,21)/b13-9+. The first-order valence-electron chi connectivity index (χ1n) is 8.32. The van der Waals surface area contributed by atoms with Gasteiger partial charge >= 0.3 is 11.9 Å². The predicted octanol–water partition coefficient (Wildman–Crippen LogP) is 3.51. The normalized spacial score (nSPS) is 18.1. The number of hydrogen-bond donors (Lipinski definition) is 1. The Hall–Kier alpha value is -1.68. The van der Waals surface area contributed by atoms with Crippen LogP contribution in [-0.4, -0.2) is 34.7 Å². The van der Waals surface area contributed by atoms with Crippen LogP contribution < -0.4 is 5.32 Å². The molecular formula is C17H23BrN2O6S. The van der Waals surface area contributed by atoms with Gasteiger partial charge in [0.15, 0.2) is 0 Å². The molecule has 1 N–H and O–H groups in total. The van der Waals surface area contributed by atoms with Crippen LogP contribution in [0.4, 0.5) is 0 Å². The summed E-state index contributed by atoms with van der Waals surface area (Å²) in [4.78, 5) is 47.1. The van der Waals surface area contributed by atoms with Gasteiger partial charge in [-0.25, -0.2) is 9.59 Å². The Morgan fingerprint density at radius 2 is 2.04 bits per heavy atom. The summed E-state index contributed by atoms with van der Waals surface area (Å²) in [5, 5.41) is 2.50. The Labute approximate surface area is 170 Å². The summed E-state index contributed by atoms with van der Waals surface area (Å²) in [6, 6.07) is -1.12. The Kier molecular flexibility index (Phi) is 8.67. The minimum absolute atomic E-state index is 0.222. The smallest absolute Gasteiger partial charge is 0.343 e. The van der Waals surface area contributed by atoms with Crippen molar-refractivity contribution in [3.8, 4) is 0 Å². The van der Waals surface area contributed by atoms with Crippen LogP contribution in [0, 0.1) is 4.91 Å². The lowest BCUT2D eigenvalue weighted by Gasteiger charge is -2.30. The topological polar surface area (TPSA) is 111 Å². The molecule has 8 nitrogen and oxygen atoms in total. The van der Waals surface area contributed by atoms with Crippen molar-refractivity contribution in [1.29, 1.82) is 0 Å². The number of carbonyl (C=O) groups excluding carboxylic acids is 3. The minimum Gasteiger partial charge on any atom is -0.456 e. The van der Waals surface area contributed by atoms with Crippen molar-refractivity contribution in [3.05, 3.63) is 26.8 Å². The number of nitroso groups, excluding NO2 is 1. The van der Waals surface area contributed by atoms with Gasteiger partial charge in [0, 0.05) is 27.9 Å². The summed E-state index contributed by atoms with van der Waals surface area (Å²) in [6.07, 6.45) is 1.74. The fourth-order valence-corrected chi connectivity index (χ4v) is 3.05. The number of amides is 1. The molecule has 150 valence electrons. The van der Waals surface area contributed by atoms with Gasteiger partial charge in [0.1, 0.15) is 17.9 Å². The first-order valence-corrected chi connectivity index (χ1v) is 9.88. The molecule has 2 unspecified atom stereocenters. The number of rotatable bonds is 9. The van der Waals surface area contributed by atoms with E-state index in [1.165, 1.54) is 13.0 Å². The van der Waals surface area contributed by atoms with Crippen molar-refractivity contribution in [2.45, 2.75) is 64.4 Å². The second-order valence-corrected chi connectivity index (χ2v) is 9.08. The van der Waals surface area contributed by atoms with Crippen LogP contribution in [0.25, 0.3) is 0 Å². The first-order chi connectivity index (χ1) is 12.5. The van der Waals surface area contributed by atoms with Gasteiger partial charge in [-0.3, -0.25) is 4.79 Å². The summed E-state index contributed by atoms with van der Waals surface area (Å²) in [6.45, 7) is 8.05. The molecule has 0 saturated heterocycles. The molecule has 0 aromatic heterocycles. The molecular weight excluding hydrogens is 440 g/mol. The highest BCUT2D eigenvalue weighted by atomic mass is 79.9. The number of ether oxygens (including phenoxy) is 2. The average Bonchev–Trinajstić information content (AvgIpc) is 2.94. The summed E-state index contributed by atoms with van der Waals surface area (Å²) in [5.74, 6) is -1.45. The van der Waals surface area contributed by atoms with Crippen molar-refractivity contribution in [2.75, 3.05) is 0 Å². The fraction of sp³-hybridized carbons (Fsp3) is 0.588. The second-order valence-electron chi connectivity index (χ2n) is 6.50. The number of halogens is 1. The Morgan fingerprint density at radius 3 is 2.48 bits per heavy atom. The number of nitrogens with zero attached hydrogens (tertiary/aromatic N) is 1. The maximum Gasteiger partial charge on any atom is 0.343 e. The average molecular weight is 463 g/mol. The lowest BCUT2D eigenvalue weighted by molar-refractivity contribution is -0.153. The summed E-state index contributed by atoms with van der Waals surface area (Å²) in [7, 11) is 0. The molecule has 0 fully saturated rings. The third kappa shape index (κ3) is 6.46. The van der Waals surface area contributed by atoms with Gasteiger partial charge in [0.05, 0.1) is 10.3 Å². The van der Waals surface area contributed by atoms with Crippen molar-refractivity contribution < 1.29 is 23.9 Å². The van der Waals surface area contributed by atoms with Gasteiger partial charge in [-0.2, -0.15) is 0 Å². The second kappa shape index (κ2) is 10.0. The lowest BCUT2D eigenvalue weighted by atomic mass is 10.0. The van der Waals surface area contributed by atoms with Crippen molar-refractivity contribution in [3.63, 3.8) is 0 Å². The lowest BCUT2D eigenvalue weighted by Crippen LogP contribution is -2.53. The number of allylic oxidation sites excluding steroid dienone is 2. The molecule has 10 heteroatoms. The molecule has 27 heavy (non-hydrogen) atoms. The van der Waals surface area contributed by atoms with Gasteiger partial charge in [-0.15, -0.1) is 4.91 Å². The molecule has 0 radical (unpaired) electrons. The maximum atomic E-state index is 12.8. The molecule has 0 bridgehead atoms. The van der Waals surface area contributed by atoms with Crippen LogP contribution in [0.2, 0.25) is 0 Å². The van der Waals surface area contributed by atoms with Crippen LogP contribution >= 0.6 is 27.9 Å². The zero-order valence-electron chi connectivity index (χ0n) is 15.8. The third-order valence-electron chi connectivity index (χ3n) is 3.77. The molecule has 0 aliphatic carbocycles. The Morgan fingerprint density at radius 1 is 1.41 bits per heavy atom. The first kappa shape index (κ1) is 23.4. The molecule has 0 aromatic carbocycles. The van der Waals surface area contributed by atoms with Gasteiger partial charge in [-0.05, 0) is 33.3 Å². The molecule has 2 atom stereocenters. The number of hydrogen-bond acceptors (Lipinski definition) is 8. The highest BCUT2D eigenvalue weighted by Gasteiger charge is 2.41. The number of carbonyl (C=O) groups is 3. The molecule has 1 rings (SSSR count). The quantitative estimate of drug-likeness (QED) is 0.317. The summed E-state index contributed by atoms with van der Waals surface area (Å²) < 4.78 is 13.1. The molecule has 0 spiro atoms. The van der Waals surface area contributed by atoms with Crippen molar-refractivity contribution in [2.24, 2.45) is 4.58 Å². The molecule has 1 aliphatic rings. The van der Waals surface area contributed by atoms with Gasteiger partial charge in [-0.1, -0.05) is 29.3 Å². The molecule has 0 aromatic rings. The summed E-state index contributed by atoms with van der Waals surface area (Å²) >= 11 is 3.87. The van der Waals surface area contributed by atoms with E-state index in [9.17, 15) is 19.3 Å². The maximum absolute atomic E-state index is 12.8. The van der Waals surface area contributed by atoms with E-state index in [2.05, 4.69) is 25.8 Å². The van der Waals surface area contributed by atoms with Gasteiger partial charge < -0.3 is 14.8 Å². The van der Waals surface area contributed by atoms with E-state index in [1.807, 2.05) is 6.92 Å². The van der Waals surface area contributed by atoms with Crippen LogP contribution in [-0.2, 0) is 23.9 Å². The Bertz CT molecular complexity index is 685. The SMILES string of the molecule is CCCC(OC(=O)C(NC(C)=O)C(C)(C)SN=O)C1=C/C(=C(/C)Br)OC1=O. The van der Waals surface area contributed by atoms with Crippen LogP contribution in [0.5, 0.6) is 0 Å². The number of cyclic esters (lactones) is 1. The van der Waals surface area contributed by atoms with Crippen LogP contribution in [0.1, 0.15) is 47.5 Å². The summed E-state index contributed by atoms with van der Waals surface area (Å²) in [5.41, 5.74) is 0.222. The van der Waals surface area contributed by atoms with Crippen molar-refractivity contribution >= 4 is 45.7 Å². The highest BCUT2D eigenvalue weighted by molar-refractivity contribution is 9.11. The number of nitrogens with one attached hydrogen (secondary N) is 1. The van der Waals surface area contributed by atoms with E-state index in [0.29, 0.717) is 35.0 Å². The van der Waals surface area contributed by atoms with E-state index < -0.39 is 34.7 Å². The van der Waals surface area contributed by atoms with E-state index in [4.69, 9.17) is 9.47 Å². The van der Waals surface area contributed by atoms with Crippen LogP contribution in [0.3, 0.4) is 0 Å². The molecule has 1 amide bonds.